The van der Waals surface area contributed by atoms with Crippen LogP contribution in [-0.4, -0.2) is 28.2 Å². The molecule has 0 saturated heterocycles. The van der Waals surface area contributed by atoms with Gasteiger partial charge in [-0.25, -0.2) is 10.2 Å². The van der Waals surface area contributed by atoms with E-state index >= 15 is 0 Å². The van der Waals surface area contributed by atoms with Gasteiger partial charge in [0.2, 0.25) is 0 Å². The Kier molecular flexibility index (Phi) is 4.66. The second-order valence-electron chi connectivity index (χ2n) is 5.03. The van der Waals surface area contributed by atoms with Gasteiger partial charge in [0.05, 0.1) is 17.3 Å². The van der Waals surface area contributed by atoms with Gasteiger partial charge in [0, 0.05) is 18.0 Å². The second kappa shape index (κ2) is 7.22. The minimum absolute atomic E-state index is 0.204. The second-order valence-corrected chi connectivity index (χ2v) is 5.03. The first-order chi connectivity index (χ1) is 12.1. The number of furan rings is 1. The van der Waals surface area contributed by atoms with E-state index in [-0.39, 0.29) is 11.5 Å². The average Bonchev–Trinajstić information content (AvgIpc) is 3.11. The largest absolute Gasteiger partial charge is 0.478 e. The summed E-state index contributed by atoms with van der Waals surface area (Å²) in [5.74, 6) is -0.343. The van der Waals surface area contributed by atoms with Crippen molar-refractivity contribution >= 4 is 18.1 Å². The van der Waals surface area contributed by atoms with Crippen LogP contribution < -0.4 is 5.43 Å². The number of hydrogen-bond donors (Lipinski definition) is 2. The Hall–Kier alpha value is -3.74. The molecule has 0 bridgehead atoms. The lowest BCUT2D eigenvalue weighted by Gasteiger charge is -1.98. The number of nitrogens with one attached hydrogen (secondary N) is 1. The molecule has 2 aromatic heterocycles. The molecule has 3 aromatic rings. The fraction of sp³-hybridized carbons (Fsp3) is 0. The number of rotatable bonds is 5. The zero-order valence-corrected chi connectivity index (χ0v) is 12.9. The highest BCUT2D eigenvalue weighted by Crippen LogP contribution is 2.22. The van der Waals surface area contributed by atoms with E-state index in [2.05, 4.69) is 15.5 Å². The maximum absolute atomic E-state index is 11.8. The Bertz CT molecular complexity index is 915. The summed E-state index contributed by atoms with van der Waals surface area (Å²) >= 11 is 0. The molecule has 0 aliphatic heterocycles. The van der Waals surface area contributed by atoms with Crippen molar-refractivity contribution < 1.29 is 19.1 Å². The van der Waals surface area contributed by atoms with Crippen LogP contribution in [0.1, 0.15) is 26.5 Å². The standard InChI is InChI=1S/C18H13N3O4/c22-17(14-2-1-9-19-10-14)21-20-11-15-7-8-16(25-15)12-3-5-13(6-4-12)18(23)24/h1-11H,(H,21,22)(H,23,24)/b20-11-. The molecule has 0 aliphatic rings. The van der Waals surface area contributed by atoms with Crippen LogP contribution in [-0.2, 0) is 0 Å². The van der Waals surface area contributed by atoms with Crippen LogP contribution >= 0.6 is 0 Å². The molecule has 0 unspecified atom stereocenters. The highest BCUT2D eigenvalue weighted by Gasteiger charge is 2.07. The van der Waals surface area contributed by atoms with E-state index in [1.165, 1.54) is 24.5 Å². The van der Waals surface area contributed by atoms with Crippen molar-refractivity contribution in [2.24, 2.45) is 5.10 Å². The van der Waals surface area contributed by atoms with Crippen LogP contribution in [0.3, 0.4) is 0 Å². The minimum Gasteiger partial charge on any atom is -0.478 e. The summed E-state index contributed by atoms with van der Waals surface area (Å²) in [7, 11) is 0. The third kappa shape index (κ3) is 3.97. The summed E-state index contributed by atoms with van der Waals surface area (Å²) in [6.45, 7) is 0. The van der Waals surface area contributed by atoms with Crippen molar-refractivity contribution in [3.8, 4) is 11.3 Å². The molecule has 1 aromatic carbocycles. The highest BCUT2D eigenvalue weighted by atomic mass is 16.4. The number of nitrogens with zero attached hydrogens (tertiary/aromatic N) is 2. The van der Waals surface area contributed by atoms with Crippen LogP contribution in [0.15, 0.2) is 70.4 Å². The maximum atomic E-state index is 11.8. The topological polar surface area (TPSA) is 105 Å². The molecule has 2 heterocycles. The van der Waals surface area contributed by atoms with E-state index in [9.17, 15) is 9.59 Å². The van der Waals surface area contributed by atoms with Crippen molar-refractivity contribution in [3.05, 3.63) is 77.8 Å². The van der Waals surface area contributed by atoms with Crippen LogP contribution in [0.2, 0.25) is 0 Å². The van der Waals surface area contributed by atoms with Gasteiger partial charge < -0.3 is 9.52 Å². The first kappa shape index (κ1) is 16.1. The van der Waals surface area contributed by atoms with Gasteiger partial charge >= 0.3 is 5.97 Å². The van der Waals surface area contributed by atoms with Crippen LogP contribution in [0.5, 0.6) is 0 Å². The van der Waals surface area contributed by atoms with Gasteiger partial charge in [0.25, 0.3) is 5.91 Å². The average molecular weight is 335 g/mol. The van der Waals surface area contributed by atoms with Crippen molar-refractivity contribution in [1.29, 1.82) is 0 Å². The van der Waals surface area contributed by atoms with E-state index in [4.69, 9.17) is 9.52 Å². The quantitative estimate of drug-likeness (QED) is 0.551. The molecule has 1 amide bonds. The number of carboxylic acids is 1. The van der Waals surface area contributed by atoms with Gasteiger partial charge in [-0.1, -0.05) is 12.1 Å². The zero-order valence-electron chi connectivity index (χ0n) is 12.9. The molecular weight excluding hydrogens is 322 g/mol. The number of amides is 1. The summed E-state index contributed by atoms with van der Waals surface area (Å²) in [6, 6.07) is 13.0. The third-order valence-corrected chi connectivity index (χ3v) is 3.32. The molecule has 0 atom stereocenters. The van der Waals surface area contributed by atoms with E-state index in [1.807, 2.05) is 0 Å². The third-order valence-electron chi connectivity index (χ3n) is 3.32. The number of carbonyl (C=O) groups is 2. The Morgan fingerprint density at radius 1 is 1.08 bits per heavy atom. The van der Waals surface area contributed by atoms with Gasteiger partial charge in [0.15, 0.2) is 0 Å². The lowest BCUT2D eigenvalue weighted by molar-refractivity contribution is 0.0696. The van der Waals surface area contributed by atoms with E-state index in [0.717, 1.165) is 5.56 Å². The van der Waals surface area contributed by atoms with E-state index < -0.39 is 5.97 Å². The van der Waals surface area contributed by atoms with Crippen molar-refractivity contribution in [2.75, 3.05) is 0 Å². The Labute approximate surface area is 142 Å². The van der Waals surface area contributed by atoms with Crippen LogP contribution in [0.4, 0.5) is 0 Å². The first-order valence-electron chi connectivity index (χ1n) is 7.30. The summed E-state index contributed by atoms with van der Waals surface area (Å²) in [5, 5.41) is 12.7. The van der Waals surface area contributed by atoms with Crippen LogP contribution in [0, 0.1) is 0 Å². The maximum Gasteiger partial charge on any atom is 0.335 e. The number of hydrogen-bond acceptors (Lipinski definition) is 5. The summed E-state index contributed by atoms with van der Waals surface area (Å²) in [4.78, 5) is 26.5. The summed E-state index contributed by atoms with van der Waals surface area (Å²) in [5.41, 5.74) is 3.73. The Balaban J connectivity index is 1.65. The van der Waals surface area contributed by atoms with Gasteiger partial charge in [-0.3, -0.25) is 9.78 Å². The van der Waals surface area contributed by atoms with E-state index in [1.54, 1.807) is 42.6 Å². The van der Waals surface area contributed by atoms with E-state index in [0.29, 0.717) is 17.1 Å². The molecule has 0 aliphatic carbocycles. The number of benzene rings is 1. The molecule has 25 heavy (non-hydrogen) atoms. The van der Waals surface area contributed by atoms with Gasteiger partial charge in [-0.15, -0.1) is 0 Å². The van der Waals surface area contributed by atoms with Gasteiger partial charge in [0.1, 0.15) is 11.5 Å². The summed E-state index contributed by atoms with van der Waals surface area (Å²) < 4.78 is 5.60. The molecule has 124 valence electrons. The van der Waals surface area contributed by atoms with Gasteiger partial charge in [-0.2, -0.15) is 5.10 Å². The highest BCUT2D eigenvalue weighted by molar-refractivity contribution is 5.94. The molecule has 0 saturated carbocycles. The lowest BCUT2D eigenvalue weighted by Crippen LogP contribution is -2.17. The first-order valence-corrected chi connectivity index (χ1v) is 7.30. The normalized spacial score (nSPS) is 10.7. The number of hydrazone groups is 1. The fourth-order valence-corrected chi connectivity index (χ4v) is 2.07. The number of pyridine rings is 1. The SMILES string of the molecule is O=C(O)c1ccc(-c2ccc(/C=N\NC(=O)c3cccnc3)o2)cc1. The molecule has 3 rings (SSSR count). The Morgan fingerprint density at radius 3 is 2.56 bits per heavy atom. The molecule has 2 N–H and O–H groups in total. The van der Waals surface area contributed by atoms with Crippen LogP contribution in [0.25, 0.3) is 11.3 Å². The molecule has 7 nitrogen and oxygen atoms in total. The summed E-state index contributed by atoms with van der Waals surface area (Å²) in [6.07, 6.45) is 4.40. The molecular formula is C18H13N3O4. The van der Waals surface area contributed by atoms with Crippen molar-refractivity contribution in [2.45, 2.75) is 0 Å². The number of aromatic carboxylic acids is 1. The number of carbonyl (C=O) groups excluding carboxylic acids is 1. The molecule has 7 heteroatoms. The van der Waals surface area contributed by atoms with Crippen molar-refractivity contribution in [1.82, 2.24) is 10.4 Å². The smallest absolute Gasteiger partial charge is 0.335 e. The molecule has 0 fully saturated rings. The number of aromatic nitrogens is 1. The Morgan fingerprint density at radius 2 is 1.88 bits per heavy atom. The zero-order chi connectivity index (χ0) is 17.6. The molecule has 0 spiro atoms. The minimum atomic E-state index is -0.983. The predicted molar refractivity (Wildman–Crippen MR) is 90.4 cm³/mol. The lowest BCUT2D eigenvalue weighted by atomic mass is 10.1. The van der Waals surface area contributed by atoms with Gasteiger partial charge in [-0.05, 0) is 36.4 Å². The monoisotopic (exact) mass is 335 g/mol. The number of carboxylic acid groups (broad SMARTS) is 1. The fourth-order valence-electron chi connectivity index (χ4n) is 2.07. The molecule has 0 radical (unpaired) electrons. The van der Waals surface area contributed by atoms with Crippen molar-refractivity contribution in [3.63, 3.8) is 0 Å². The predicted octanol–water partition coefficient (Wildman–Crippen LogP) is 2.80.